The molecule has 0 bridgehead atoms. The third-order valence-electron chi connectivity index (χ3n) is 7.07. The summed E-state index contributed by atoms with van der Waals surface area (Å²) in [6.07, 6.45) is -0.157. The highest BCUT2D eigenvalue weighted by Gasteiger charge is 2.32. The lowest BCUT2D eigenvalue weighted by atomic mass is 10.00. The van der Waals surface area contributed by atoms with Gasteiger partial charge in [-0.15, -0.1) is 0 Å². The van der Waals surface area contributed by atoms with E-state index in [1.54, 1.807) is 17.0 Å². The summed E-state index contributed by atoms with van der Waals surface area (Å²) in [5.74, 6) is -0.226. The molecule has 0 radical (unpaired) electrons. The van der Waals surface area contributed by atoms with Crippen molar-refractivity contribution in [3.05, 3.63) is 87.4 Å². The molecule has 3 aromatic rings. The summed E-state index contributed by atoms with van der Waals surface area (Å²) >= 11 is 18.7. The Hall–Kier alpha value is -3.17. The molecule has 2 aliphatic rings. The van der Waals surface area contributed by atoms with Gasteiger partial charge in [0.1, 0.15) is 0 Å². The number of hydrogen-bond donors (Lipinski definition) is 2. The highest BCUT2D eigenvalue weighted by molar-refractivity contribution is 7.80. The Bertz CT molecular complexity index is 1460. The number of amides is 1. The number of nitrogens with zero attached hydrogens (tertiary/aromatic N) is 3. The second-order valence-electron chi connectivity index (χ2n) is 9.50. The first-order valence-corrected chi connectivity index (χ1v) is 14.5. The molecule has 1 saturated heterocycles. The minimum Gasteiger partial charge on any atom is -0.378 e. The van der Waals surface area contributed by atoms with Gasteiger partial charge >= 0.3 is 0 Å². The SMILES string of the molecule is CCc1cc(N2CCOCC2)ccc1NC(=S)NC1N=C(c2ccccc2Cl)c2cc(Cl)ccc2N(CC)C1=O. The molecule has 0 aliphatic carbocycles. The van der Waals surface area contributed by atoms with Crippen LogP contribution >= 0.6 is 35.4 Å². The number of thiocarbonyl (C=S) groups is 1. The van der Waals surface area contributed by atoms with E-state index in [1.165, 1.54) is 0 Å². The maximum atomic E-state index is 13.8. The topological polar surface area (TPSA) is 69.2 Å². The largest absolute Gasteiger partial charge is 0.378 e. The van der Waals surface area contributed by atoms with Gasteiger partial charge in [-0.2, -0.15) is 0 Å². The predicted octanol–water partition coefficient (Wildman–Crippen LogP) is 5.91. The lowest BCUT2D eigenvalue weighted by molar-refractivity contribution is -0.120. The molecule has 208 valence electrons. The van der Waals surface area contributed by atoms with Gasteiger partial charge in [0.05, 0.1) is 24.6 Å². The van der Waals surface area contributed by atoms with Crippen molar-refractivity contribution in [2.24, 2.45) is 4.99 Å². The Balaban J connectivity index is 1.46. The van der Waals surface area contributed by atoms with Crippen LogP contribution in [-0.4, -0.2) is 55.7 Å². The molecule has 0 spiro atoms. The second kappa shape index (κ2) is 12.6. The number of rotatable bonds is 6. The number of aliphatic imine (C=N–C) groups is 1. The summed E-state index contributed by atoms with van der Waals surface area (Å²) in [6.45, 7) is 7.67. The molecule has 1 unspecified atom stereocenters. The van der Waals surface area contributed by atoms with Gasteiger partial charge in [0.15, 0.2) is 5.11 Å². The number of anilines is 3. The van der Waals surface area contributed by atoms with Gasteiger partial charge in [-0.3, -0.25) is 4.79 Å². The Morgan fingerprint density at radius 1 is 1.05 bits per heavy atom. The number of carbonyl (C=O) groups is 1. The minimum atomic E-state index is -0.977. The highest BCUT2D eigenvalue weighted by atomic mass is 35.5. The number of ether oxygens (including phenoxy) is 1. The van der Waals surface area contributed by atoms with E-state index in [4.69, 9.17) is 45.1 Å². The summed E-state index contributed by atoms with van der Waals surface area (Å²) in [5, 5.41) is 7.82. The lowest BCUT2D eigenvalue weighted by Crippen LogP contribution is -2.48. The van der Waals surface area contributed by atoms with Crippen molar-refractivity contribution >= 4 is 69.2 Å². The molecule has 0 saturated carbocycles. The van der Waals surface area contributed by atoms with Gasteiger partial charge in [-0.25, -0.2) is 4.99 Å². The number of nitrogens with one attached hydrogen (secondary N) is 2. The monoisotopic (exact) mass is 595 g/mol. The van der Waals surface area contributed by atoms with Gasteiger partial charge < -0.3 is 25.2 Å². The maximum Gasteiger partial charge on any atom is 0.272 e. The standard InChI is InChI=1S/C30H31Cl2N5O2S/c1-3-19-17-21(36-13-15-39-16-14-36)10-11-25(19)33-30(40)35-28-29(38)37(4-2)26-12-9-20(31)18-23(26)27(34-28)22-7-5-6-8-24(22)32/h5-12,17-18,28H,3-4,13-16H2,1-2H3,(H2,33,35,40). The fourth-order valence-electron chi connectivity index (χ4n) is 5.04. The van der Waals surface area contributed by atoms with Crippen LogP contribution in [0, 0.1) is 0 Å². The molecule has 7 nitrogen and oxygen atoms in total. The van der Waals surface area contributed by atoms with Crippen molar-refractivity contribution in [1.82, 2.24) is 5.32 Å². The van der Waals surface area contributed by atoms with E-state index >= 15 is 0 Å². The van der Waals surface area contributed by atoms with Crippen LogP contribution < -0.4 is 20.4 Å². The summed E-state index contributed by atoms with van der Waals surface area (Å²) in [4.78, 5) is 22.7. The van der Waals surface area contributed by atoms with Crippen LogP contribution in [0.15, 0.2) is 65.7 Å². The van der Waals surface area contributed by atoms with Gasteiger partial charge in [0.25, 0.3) is 5.91 Å². The van der Waals surface area contributed by atoms with Crippen molar-refractivity contribution in [3.63, 3.8) is 0 Å². The van der Waals surface area contributed by atoms with Crippen LogP contribution in [0.25, 0.3) is 0 Å². The van der Waals surface area contributed by atoms with Gasteiger partial charge in [0.2, 0.25) is 6.17 Å². The lowest BCUT2D eigenvalue weighted by Gasteiger charge is -2.29. The number of benzene rings is 3. The first kappa shape index (κ1) is 28.4. The molecule has 2 heterocycles. The molecule has 1 amide bonds. The fraction of sp³-hybridized carbons (Fsp3) is 0.300. The Morgan fingerprint density at radius 3 is 2.55 bits per heavy atom. The van der Waals surface area contributed by atoms with E-state index in [0.717, 1.165) is 55.2 Å². The summed E-state index contributed by atoms with van der Waals surface area (Å²) < 4.78 is 5.49. The number of benzodiazepines with no additional fused rings is 1. The normalized spacial score (nSPS) is 17.1. The van der Waals surface area contributed by atoms with E-state index in [0.29, 0.717) is 38.7 Å². The third kappa shape index (κ3) is 5.95. The minimum absolute atomic E-state index is 0.226. The smallest absolute Gasteiger partial charge is 0.272 e. The summed E-state index contributed by atoms with van der Waals surface area (Å²) in [7, 11) is 0. The number of hydrogen-bond acceptors (Lipinski definition) is 5. The van der Waals surface area contributed by atoms with E-state index in [1.807, 2.05) is 43.3 Å². The van der Waals surface area contributed by atoms with Crippen molar-refractivity contribution in [2.75, 3.05) is 48.0 Å². The zero-order valence-corrected chi connectivity index (χ0v) is 24.7. The number of aryl methyl sites for hydroxylation is 1. The van der Waals surface area contributed by atoms with Crippen molar-refractivity contribution in [1.29, 1.82) is 0 Å². The Morgan fingerprint density at radius 2 is 1.82 bits per heavy atom. The van der Waals surface area contributed by atoms with Crippen LogP contribution in [0.3, 0.4) is 0 Å². The number of carbonyl (C=O) groups excluding carboxylic acids is 1. The summed E-state index contributed by atoms with van der Waals surface area (Å²) in [5.41, 5.74) is 5.88. The highest BCUT2D eigenvalue weighted by Crippen LogP contribution is 2.32. The maximum absolute atomic E-state index is 13.8. The van der Waals surface area contributed by atoms with Gasteiger partial charge in [-0.05, 0) is 73.6 Å². The molecule has 3 aromatic carbocycles. The molecule has 2 aliphatic heterocycles. The molecule has 10 heteroatoms. The van der Waals surface area contributed by atoms with Crippen LogP contribution in [0.2, 0.25) is 10.0 Å². The van der Waals surface area contributed by atoms with Gasteiger partial charge in [0, 0.05) is 52.2 Å². The number of fused-ring (bicyclic) bond motifs is 1. The average Bonchev–Trinajstić information content (AvgIpc) is 3.07. The molecule has 40 heavy (non-hydrogen) atoms. The molecule has 1 atom stereocenters. The second-order valence-corrected chi connectivity index (χ2v) is 10.7. The molecule has 1 fully saturated rings. The number of likely N-dealkylation sites (N-methyl/N-ethyl adjacent to an activating group) is 1. The van der Waals surface area contributed by atoms with E-state index in [2.05, 4.69) is 34.6 Å². The molecular formula is C30H31Cl2N5O2S. The molecule has 0 aromatic heterocycles. The summed E-state index contributed by atoms with van der Waals surface area (Å²) in [6, 6.07) is 19.2. The van der Waals surface area contributed by atoms with Crippen LogP contribution in [-0.2, 0) is 16.0 Å². The number of halogens is 2. The zero-order chi connectivity index (χ0) is 28.2. The molecular weight excluding hydrogens is 565 g/mol. The fourth-order valence-corrected chi connectivity index (χ4v) is 5.66. The Kier molecular flexibility index (Phi) is 8.90. The van der Waals surface area contributed by atoms with E-state index < -0.39 is 6.17 Å². The molecule has 2 N–H and O–H groups in total. The van der Waals surface area contributed by atoms with Crippen molar-refractivity contribution in [2.45, 2.75) is 26.4 Å². The predicted molar refractivity (Wildman–Crippen MR) is 169 cm³/mol. The van der Waals surface area contributed by atoms with Crippen molar-refractivity contribution < 1.29 is 9.53 Å². The van der Waals surface area contributed by atoms with Crippen LogP contribution in [0.4, 0.5) is 17.1 Å². The quantitative estimate of drug-likeness (QED) is 0.345. The van der Waals surface area contributed by atoms with E-state index in [9.17, 15) is 4.79 Å². The first-order valence-electron chi connectivity index (χ1n) is 13.4. The van der Waals surface area contributed by atoms with Gasteiger partial charge in [-0.1, -0.05) is 48.3 Å². The first-order chi connectivity index (χ1) is 19.4. The van der Waals surface area contributed by atoms with Crippen LogP contribution in [0.1, 0.15) is 30.5 Å². The number of morpholine rings is 1. The Labute approximate surface area is 250 Å². The van der Waals surface area contributed by atoms with Crippen LogP contribution in [0.5, 0.6) is 0 Å². The average molecular weight is 597 g/mol. The van der Waals surface area contributed by atoms with E-state index in [-0.39, 0.29) is 5.91 Å². The molecule has 5 rings (SSSR count). The third-order valence-corrected chi connectivity index (χ3v) is 7.85. The van der Waals surface area contributed by atoms with Crippen molar-refractivity contribution in [3.8, 4) is 0 Å². The zero-order valence-electron chi connectivity index (χ0n) is 22.4.